The average molecular weight is 420 g/mol. The molecule has 0 saturated carbocycles. The Morgan fingerprint density at radius 3 is 2.32 bits per heavy atom. The zero-order chi connectivity index (χ0) is 21.8. The molecule has 2 saturated heterocycles. The molecule has 8 heteroatoms. The molecule has 1 atom stereocenters. The van der Waals surface area contributed by atoms with Crippen LogP contribution in [-0.4, -0.2) is 69.5 Å². The summed E-state index contributed by atoms with van der Waals surface area (Å²) >= 11 is 0. The van der Waals surface area contributed by atoms with Gasteiger partial charge in [0, 0.05) is 25.7 Å². The number of rotatable bonds is 6. The molecule has 2 aliphatic rings. The first kappa shape index (κ1) is 20.7. The van der Waals surface area contributed by atoms with Crippen molar-refractivity contribution in [3.63, 3.8) is 0 Å². The Morgan fingerprint density at radius 2 is 1.65 bits per heavy atom. The van der Waals surface area contributed by atoms with Gasteiger partial charge in [-0.15, -0.1) is 0 Å². The van der Waals surface area contributed by atoms with Gasteiger partial charge < -0.3 is 9.80 Å². The largest absolute Gasteiger partial charge is 0.336 e. The first-order chi connectivity index (χ1) is 15.0. The van der Waals surface area contributed by atoms with Crippen LogP contribution < -0.4 is 0 Å². The van der Waals surface area contributed by atoms with Crippen molar-refractivity contribution >= 4 is 23.6 Å². The van der Waals surface area contributed by atoms with Crippen molar-refractivity contribution in [2.24, 2.45) is 5.92 Å². The van der Waals surface area contributed by atoms with E-state index in [4.69, 9.17) is 0 Å². The predicted molar refractivity (Wildman–Crippen MR) is 111 cm³/mol. The number of pyridine rings is 1. The molecule has 1 aromatic carbocycles. The molecule has 0 N–H and O–H groups in total. The van der Waals surface area contributed by atoms with E-state index in [0.717, 1.165) is 11.3 Å². The summed E-state index contributed by atoms with van der Waals surface area (Å²) in [5.41, 5.74) is 1.79. The van der Waals surface area contributed by atoms with Crippen molar-refractivity contribution in [3.05, 3.63) is 66.0 Å². The lowest BCUT2D eigenvalue weighted by molar-refractivity contribution is -0.157. The van der Waals surface area contributed by atoms with Crippen molar-refractivity contribution in [2.45, 2.75) is 19.4 Å². The fraction of sp³-hybridized carbons (Fsp3) is 0.348. The normalized spacial score (nSPS) is 19.3. The van der Waals surface area contributed by atoms with Gasteiger partial charge in [-0.3, -0.25) is 29.1 Å². The summed E-state index contributed by atoms with van der Waals surface area (Å²) < 4.78 is 0. The third kappa shape index (κ3) is 4.79. The average Bonchev–Trinajstić information content (AvgIpc) is 3.14. The highest BCUT2D eigenvalue weighted by Gasteiger charge is 2.40. The molecule has 0 bridgehead atoms. The maximum Gasteiger partial charge on any atom is 0.248 e. The van der Waals surface area contributed by atoms with Crippen LogP contribution in [0.1, 0.15) is 17.7 Å². The highest BCUT2D eigenvalue weighted by atomic mass is 16.2. The molecule has 8 nitrogen and oxygen atoms in total. The van der Waals surface area contributed by atoms with Gasteiger partial charge >= 0.3 is 0 Å². The van der Waals surface area contributed by atoms with E-state index in [0.29, 0.717) is 19.5 Å². The molecule has 0 aliphatic carbocycles. The van der Waals surface area contributed by atoms with Crippen LogP contribution in [0.5, 0.6) is 0 Å². The molecule has 4 rings (SSSR count). The monoisotopic (exact) mass is 420 g/mol. The minimum atomic E-state index is -0.548. The second kappa shape index (κ2) is 9.07. The number of hydrogen-bond acceptors (Lipinski definition) is 5. The van der Waals surface area contributed by atoms with Gasteiger partial charge in [-0.05, 0) is 24.1 Å². The van der Waals surface area contributed by atoms with Gasteiger partial charge in [-0.2, -0.15) is 0 Å². The van der Waals surface area contributed by atoms with Crippen LogP contribution in [0.3, 0.4) is 0 Å². The molecule has 2 fully saturated rings. The number of imide groups is 1. The second-order valence-electron chi connectivity index (χ2n) is 7.87. The standard InChI is InChI=1S/C23H24N4O4/c28-20-12-18(13-25(20)14-19-8-4-5-10-24-19)23(31)26-15-21(29)27(22(30)16-26)11-9-17-6-2-1-3-7-17/h1-8,10,18H,9,11-16H2/t18-/m1/s1. The van der Waals surface area contributed by atoms with Crippen LogP contribution in [0.4, 0.5) is 0 Å². The molecule has 0 spiro atoms. The lowest BCUT2D eigenvalue weighted by Crippen LogP contribution is -2.57. The van der Waals surface area contributed by atoms with Crippen LogP contribution in [-0.2, 0) is 32.1 Å². The van der Waals surface area contributed by atoms with Gasteiger partial charge in [0.05, 0.1) is 18.2 Å². The Bertz CT molecular complexity index is 962. The Balaban J connectivity index is 1.33. The Morgan fingerprint density at radius 1 is 0.935 bits per heavy atom. The third-order valence-electron chi connectivity index (χ3n) is 5.68. The zero-order valence-electron chi connectivity index (χ0n) is 17.1. The van der Waals surface area contributed by atoms with Gasteiger partial charge in [-0.1, -0.05) is 36.4 Å². The Labute approximate surface area is 180 Å². The zero-order valence-corrected chi connectivity index (χ0v) is 17.1. The van der Waals surface area contributed by atoms with E-state index in [1.165, 1.54) is 9.80 Å². The lowest BCUT2D eigenvalue weighted by atomic mass is 10.1. The number of piperazine rings is 1. The number of hydrogen-bond donors (Lipinski definition) is 0. The predicted octanol–water partition coefficient (Wildman–Crippen LogP) is 0.870. The molecule has 4 amide bonds. The number of amides is 4. The summed E-state index contributed by atoms with van der Waals surface area (Å²) in [4.78, 5) is 58.7. The fourth-order valence-electron chi connectivity index (χ4n) is 4.02. The van der Waals surface area contributed by atoms with Crippen molar-refractivity contribution in [3.8, 4) is 0 Å². The van der Waals surface area contributed by atoms with Crippen LogP contribution in [0.25, 0.3) is 0 Å². The summed E-state index contributed by atoms with van der Waals surface area (Å²) in [6.07, 6.45) is 2.32. The second-order valence-corrected chi connectivity index (χ2v) is 7.87. The van der Waals surface area contributed by atoms with Crippen molar-refractivity contribution in [1.82, 2.24) is 19.7 Å². The SMILES string of the molecule is O=C1C[C@@H](C(=O)N2CC(=O)N(CCc3ccccc3)C(=O)C2)CN1Cc1ccccn1. The minimum Gasteiger partial charge on any atom is -0.336 e. The van der Waals surface area contributed by atoms with E-state index in [1.54, 1.807) is 17.2 Å². The third-order valence-corrected chi connectivity index (χ3v) is 5.68. The summed E-state index contributed by atoms with van der Waals surface area (Å²) in [5, 5.41) is 0. The van der Waals surface area contributed by atoms with E-state index in [-0.39, 0.29) is 49.7 Å². The molecular formula is C23H24N4O4. The van der Waals surface area contributed by atoms with Crippen LogP contribution in [0, 0.1) is 5.92 Å². The van der Waals surface area contributed by atoms with Crippen molar-refractivity contribution < 1.29 is 19.2 Å². The smallest absolute Gasteiger partial charge is 0.248 e. The van der Waals surface area contributed by atoms with Gasteiger partial charge in [-0.25, -0.2) is 0 Å². The maximum atomic E-state index is 12.9. The summed E-state index contributed by atoms with van der Waals surface area (Å²) in [6, 6.07) is 15.1. The minimum absolute atomic E-state index is 0.0856. The lowest BCUT2D eigenvalue weighted by Gasteiger charge is -2.33. The van der Waals surface area contributed by atoms with Gasteiger partial charge in [0.25, 0.3) is 0 Å². The quantitative estimate of drug-likeness (QED) is 0.647. The number of carbonyl (C=O) groups excluding carboxylic acids is 4. The maximum absolute atomic E-state index is 12.9. The molecule has 2 aliphatic heterocycles. The molecular weight excluding hydrogens is 396 g/mol. The molecule has 0 radical (unpaired) electrons. The van der Waals surface area contributed by atoms with E-state index >= 15 is 0 Å². The highest BCUT2D eigenvalue weighted by Crippen LogP contribution is 2.23. The van der Waals surface area contributed by atoms with Crippen LogP contribution >= 0.6 is 0 Å². The number of aromatic nitrogens is 1. The fourth-order valence-corrected chi connectivity index (χ4v) is 4.02. The molecule has 160 valence electrons. The molecule has 31 heavy (non-hydrogen) atoms. The van der Waals surface area contributed by atoms with Gasteiger partial charge in [0.2, 0.25) is 23.6 Å². The summed E-state index contributed by atoms with van der Waals surface area (Å²) in [6.45, 7) is 0.636. The van der Waals surface area contributed by atoms with E-state index in [9.17, 15) is 19.2 Å². The first-order valence-electron chi connectivity index (χ1n) is 10.3. The molecule has 2 aromatic rings. The Kier molecular flexibility index (Phi) is 6.06. The number of nitrogens with zero attached hydrogens (tertiary/aromatic N) is 4. The van der Waals surface area contributed by atoms with Gasteiger partial charge in [0.15, 0.2) is 0 Å². The summed E-state index contributed by atoms with van der Waals surface area (Å²) in [5.74, 6) is -1.75. The van der Waals surface area contributed by atoms with E-state index in [1.807, 2.05) is 42.5 Å². The molecule has 1 aromatic heterocycles. The Hall–Kier alpha value is -3.55. The topological polar surface area (TPSA) is 90.9 Å². The van der Waals surface area contributed by atoms with Crippen LogP contribution in [0.15, 0.2) is 54.7 Å². The first-order valence-corrected chi connectivity index (χ1v) is 10.3. The van der Waals surface area contributed by atoms with Crippen molar-refractivity contribution in [2.75, 3.05) is 26.2 Å². The van der Waals surface area contributed by atoms with E-state index < -0.39 is 5.92 Å². The number of carbonyl (C=O) groups is 4. The van der Waals surface area contributed by atoms with Crippen LogP contribution in [0.2, 0.25) is 0 Å². The molecule has 0 unspecified atom stereocenters. The van der Waals surface area contributed by atoms with Gasteiger partial charge in [0.1, 0.15) is 13.1 Å². The number of benzene rings is 1. The molecule has 3 heterocycles. The van der Waals surface area contributed by atoms with E-state index in [2.05, 4.69) is 4.98 Å². The highest BCUT2D eigenvalue weighted by molar-refractivity contribution is 6.03. The van der Waals surface area contributed by atoms with Crippen molar-refractivity contribution in [1.29, 1.82) is 0 Å². The summed E-state index contributed by atoms with van der Waals surface area (Å²) in [7, 11) is 0. The number of likely N-dealkylation sites (tertiary alicyclic amines) is 1.